The molecule has 322 valence electrons. The van der Waals surface area contributed by atoms with Crippen LogP contribution in [0.3, 0.4) is 0 Å². The first-order valence-corrected chi connectivity index (χ1v) is 23.2. The molecule has 0 radical (unpaired) electrons. The predicted molar refractivity (Wildman–Crippen MR) is 218 cm³/mol. The Balaban J connectivity index is 0.00000384. The minimum Gasteiger partial charge on any atom is -0.481 e. The van der Waals surface area contributed by atoms with Crippen molar-refractivity contribution in [2.75, 3.05) is 24.6 Å². The predicted octanol–water partition coefficient (Wildman–Crippen LogP) is 8.22. The normalized spacial score (nSPS) is 14.7. The van der Waals surface area contributed by atoms with E-state index >= 15 is 0 Å². The minimum absolute atomic E-state index is 0. The average molecular weight is 1390 g/mol. The SMILES string of the molecule is Cc1c(C(=O)O)c2cc(F)ccc2[n+](COP2(=O)OCc3cc(SSCC(=O)O)c(SSCC(=O)NCCN)cc3CO2)c1-c1ccc(-c2ccccc2F)cc1.[Fm].[Fm]. The molecule has 21 heteroatoms. The van der Waals surface area contributed by atoms with Crippen LogP contribution in [0.15, 0.2) is 88.7 Å². The maximum absolute atomic E-state index is 14.6. The van der Waals surface area contributed by atoms with Gasteiger partial charge in [-0.05, 0) is 66.1 Å². The number of nitrogens with zero attached hydrogens (tertiary/aromatic N) is 1. The molecule has 5 N–H and O–H groups in total. The molecule has 59 heavy (non-hydrogen) atoms. The summed E-state index contributed by atoms with van der Waals surface area (Å²) in [6.45, 7) is 1.38. The van der Waals surface area contributed by atoms with Gasteiger partial charge >= 0.3 is 19.8 Å². The van der Waals surface area contributed by atoms with Crippen LogP contribution in [0.25, 0.3) is 33.3 Å². The van der Waals surface area contributed by atoms with Crippen LogP contribution in [0, 0.1) is 18.6 Å². The zero-order chi connectivity index (χ0) is 40.7. The van der Waals surface area contributed by atoms with Gasteiger partial charge in [0.15, 0.2) is 0 Å². The molecule has 1 unspecified atom stereocenters. The van der Waals surface area contributed by atoms with E-state index in [0.29, 0.717) is 51.5 Å². The molecular weight excluding hydrogens is 1350 g/mol. The number of aromatic carboxylic acids is 1. The summed E-state index contributed by atoms with van der Waals surface area (Å²) in [6.07, 6.45) is 0. The molecule has 1 aliphatic heterocycles. The van der Waals surface area contributed by atoms with Crippen molar-refractivity contribution >= 4 is 79.7 Å². The largest absolute Gasteiger partial charge is 0.481 e. The number of carbonyl (C=O) groups is 3. The Bertz CT molecular complexity index is 2400. The molecule has 1 aromatic heterocycles. The molecule has 0 fully saturated rings. The van der Waals surface area contributed by atoms with Crippen molar-refractivity contribution in [3.8, 4) is 22.4 Å². The van der Waals surface area contributed by atoms with Gasteiger partial charge in [0.1, 0.15) is 17.4 Å². The fourth-order valence-corrected chi connectivity index (χ4v) is 11.6. The number of amides is 1. The minimum atomic E-state index is -4.33. The average Bonchev–Trinajstić information content (AvgIpc) is 3.34. The molecule has 0 saturated heterocycles. The number of halogens is 2. The summed E-state index contributed by atoms with van der Waals surface area (Å²) < 4.78 is 62.5. The number of phosphoric ester groups is 1. The Morgan fingerprint density at radius 2 is 1.49 bits per heavy atom. The van der Waals surface area contributed by atoms with Gasteiger partial charge < -0.3 is 21.3 Å². The van der Waals surface area contributed by atoms with E-state index in [2.05, 4.69) is 5.32 Å². The van der Waals surface area contributed by atoms with Gasteiger partial charge in [0.05, 0.1) is 29.9 Å². The molecule has 0 aliphatic carbocycles. The summed E-state index contributed by atoms with van der Waals surface area (Å²) in [5, 5.41) is 22.3. The van der Waals surface area contributed by atoms with Crippen LogP contribution in [-0.4, -0.2) is 52.7 Å². The van der Waals surface area contributed by atoms with Crippen LogP contribution in [0.1, 0.15) is 27.0 Å². The topological polar surface area (TPSA) is 178 Å². The van der Waals surface area contributed by atoms with E-state index in [9.17, 15) is 37.9 Å². The number of aliphatic carboxylic acids is 1. The fourth-order valence-electron chi connectivity index (χ4n) is 6.01. The van der Waals surface area contributed by atoms with Crippen LogP contribution in [0.5, 0.6) is 0 Å². The standard InChI is InChI=1S/C38H34F2N3O9PS4.2Fm/c1-22-36(38(47)48)29-16-27(39)10-11-31(29)43(37(22)24-8-6-23(7-9-24)28-4-2-3-5-30(28)40)21-52-53(49)50-17-25-14-32(56-54-19-34(44)42-13-12-41)33(15-26(25)18-51-53)57-55-20-35(45)46;;/h2-11,14-16H,12-13,17-21,41H2,1H3,(H2-,42,44,45,46,47,48);;/p+1. The maximum atomic E-state index is 14.6. The Hall–Kier alpha value is -5.97. The van der Waals surface area contributed by atoms with Crippen LogP contribution < -0.4 is 15.6 Å². The number of carboxylic acids is 2. The number of rotatable bonds is 16. The Morgan fingerprint density at radius 3 is 2.08 bits per heavy atom. The smallest absolute Gasteiger partial charge is 0.480 e. The molecular formula is C38H35F2Fm2N3O9PS4+. The van der Waals surface area contributed by atoms with Crippen molar-refractivity contribution in [1.29, 1.82) is 0 Å². The third kappa shape index (κ3) is 10.8. The van der Waals surface area contributed by atoms with Crippen LogP contribution >= 0.6 is 51.0 Å². The third-order valence-corrected chi connectivity index (χ3v) is 14.5. The quantitative estimate of drug-likeness (QED) is 0.0422. The van der Waals surface area contributed by atoms with Gasteiger partial charge in [0.25, 0.3) is 6.73 Å². The molecule has 4 aromatic carbocycles. The maximum Gasteiger partial charge on any atom is 0.480 e. The zero-order valence-corrected chi connectivity index (χ0v) is 39.6. The number of hydrogen-bond acceptors (Lipinski definition) is 12. The van der Waals surface area contributed by atoms with E-state index in [1.807, 2.05) is 0 Å². The summed E-state index contributed by atoms with van der Waals surface area (Å²) in [5.74, 6) is -3.56. The fraction of sp³-hybridized carbons (Fsp3) is 0.211. The van der Waals surface area contributed by atoms with Gasteiger partial charge in [-0.3, -0.25) is 18.6 Å². The number of fused-ring (bicyclic) bond motifs is 2. The number of benzene rings is 4. The van der Waals surface area contributed by atoms with Crippen molar-refractivity contribution in [2.24, 2.45) is 5.73 Å². The van der Waals surface area contributed by atoms with E-state index in [4.69, 9.17) is 19.3 Å². The van der Waals surface area contributed by atoms with Crippen LogP contribution in [0.2, 0.25) is 0 Å². The third-order valence-electron chi connectivity index (χ3n) is 8.58. The second-order valence-electron chi connectivity index (χ2n) is 12.3. The second kappa shape index (κ2) is 20.1. The first-order chi connectivity index (χ1) is 27.4. The summed E-state index contributed by atoms with van der Waals surface area (Å²) in [6, 6.07) is 20.4. The second-order valence-corrected chi connectivity index (χ2v) is 18.7. The Labute approximate surface area is 341 Å². The van der Waals surface area contributed by atoms with Gasteiger partial charge in [0, 0.05) is 45.6 Å². The monoisotopic (exact) mass is 1390 g/mol. The van der Waals surface area contributed by atoms with E-state index in [1.165, 1.54) is 50.6 Å². The molecule has 2 heterocycles. The Morgan fingerprint density at radius 1 is 0.881 bits per heavy atom. The zero-order valence-electron chi connectivity index (χ0n) is 30.6. The number of phosphoric acid groups is 1. The van der Waals surface area contributed by atoms with Crippen molar-refractivity contribution in [3.05, 3.63) is 113 Å². The molecule has 1 atom stereocenters. The van der Waals surface area contributed by atoms with Crippen molar-refractivity contribution in [3.63, 3.8) is 0 Å². The molecule has 6 rings (SSSR count). The number of hydrogen-bond donors (Lipinski definition) is 4. The molecule has 5 aromatic rings. The molecule has 1 aliphatic rings. The summed E-state index contributed by atoms with van der Waals surface area (Å²) in [4.78, 5) is 37.4. The molecule has 0 bridgehead atoms. The van der Waals surface area contributed by atoms with Gasteiger partial charge in [-0.2, -0.15) is 4.57 Å². The molecule has 0 spiro atoms. The number of nitrogens with two attached hydrogens (primary N) is 1. The van der Waals surface area contributed by atoms with Gasteiger partial charge in [-0.1, -0.05) is 73.5 Å². The summed E-state index contributed by atoms with van der Waals surface area (Å²) >= 11 is 0. The summed E-state index contributed by atoms with van der Waals surface area (Å²) in [5.41, 5.74) is 8.93. The first-order valence-electron chi connectivity index (χ1n) is 17.1. The number of aromatic nitrogens is 1. The van der Waals surface area contributed by atoms with E-state index < -0.39 is 38.1 Å². The first kappa shape index (κ1) is 45.7. The molecule has 12 nitrogen and oxygen atoms in total. The van der Waals surface area contributed by atoms with Gasteiger partial charge in [-0.25, -0.2) is 22.7 Å². The number of nitrogens with one attached hydrogen (secondary N) is 1. The van der Waals surface area contributed by atoms with E-state index in [0.717, 1.165) is 21.8 Å². The number of carboxylic acid groups (broad SMARTS) is 2. The Kier molecular flexibility index (Phi) is 15.6. The van der Waals surface area contributed by atoms with Crippen molar-refractivity contribution in [2.45, 2.75) is 36.7 Å². The number of pyridine rings is 1. The van der Waals surface area contributed by atoms with Gasteiger partial charge in [-0.15, -0.1) is 0 Å². The summed E-state index contributed by atoms with van der Waals surface area (Å²) in [7, 11) is 0.620. The van der Waals surface area contributed by atoms with Crippen LogP contribution in [-0.2, 0) is 47.7 Å². The van der Waals surface area contributed by atoms with Crippen molar-refractivity contribution in [1.82, 2.24) is 5.32 Å². The molecule has 0 saturated carbocycles. The number of carbonyl (C=O) groups excluding carboxylic acids is 1. The van der Waals surface area contributed by atoms with Crippen molar-refractivity contribution < 1.29 is 56.1 Å². The van der Waals surface area contributed by atoms with E-state index in [-0.39, 0.29) is 52.7 Å². The van der Waals surface area contributed by atoms with Crippen LogP contribution in [0.4, 0.5) is 8.78 Å². The van der Waals surface area contributed by atoms with Gasteiger partial charge in [0.2, 0.25) is 17.1 Å². The molecule has 1 amide bonds. The van der Waals surface area contributed by atoms with E-state index in [1.54, 1.807) is 66.1 Å².